The topological polar surface area (TPSA) is 115 Å². The molecule has 0 heterocycles. The predicted octanol–water partition coefficient (Wildman–Crippen LogP) is 0.446. The Labute approximate surface area is 105 Å². The van der Waals surface area contributed by atoms with Crippen LogP contribution in [0, 0.1) is 10.8 Å². The summed E-state index contributed by atoms with van der Waals surface area (Å²) in [4.78, 5) is 0. The van der Waals surface area contributed by atoms with E-state index in [1.54, 1.807) is 7.05 Å². The van der Waals surface area contributed by atoms with Gasteiger partial charge in [0.05, 0.1) is 5.71 Å². The second-order valence-corrected chi connectivity index (χ2v) is 4.20. The van der Waals surface area contributed by atoms with Gasteiger partial charge < -0.3 is 11.5 Å². The van der Waals surface area contributed by atoms with E-state index in [1.807, 2.05) is 18.2 Å². The fraction of sp³-hybridized carbons (Fsp3) is 0.250. The molecule has 0 amide bonds. The highest BCUT2D eigenvalue weighted by Gasteiger charge is 2.22. The number of hydrogen-bond acceptors (Lipinski definition) is 3. The maximum absolute atomic E-state index is 7.55. The molecule has 94 valence electrons. The molecule has 0 radical (unpaired) electrons. The zero-order chi connectivity index (χ0) is 13.3. The van der Waals surface area contributed by atoms with E-state index in [4.69, 9.17) is 22.3 Å². The molecule has 0 bridgehead atoms. The lowest BCUT2D eigenvalue weighted by Gasteiger charge is -2.11. The zero-order valence-electron chi connectivity index (χ0n) is 10.2. The number of amidine groups is 1. The van der Waals surface area contributed by atoms with Crippen molar-refractivity contribution in [1.29, 1.82) is 10.8 Å². The fourth-order valence-corrected chi connectivity index (χ4v) is 2.10. The Balaban J connectivity index is 2.43. The lowest BCUT2D eigenvalue weighted by atomic mass is 10.0. The summed E-state index contributed by atoms with van der Waals surface area (Å²) in [7, 11) is 1.64. The number of nitrogens with zero attached hydrogens (tertiary/aromatic N) is 2. The lowest BCUT2D eigenvalue weighted by molar-refractivity contribution is 0.532. The van der Waals surface area contributed by atoms with Crippen LogP contribution in [-0.4, -0.2) is 29.6 Å². The summed E-state index contributed by atoms with van der Waals surface area (Å²) in [5, 5.41) is 20.5. The number of nitrogen functional groups attached to an aromatic ring is 1. The second-order valence-electron chi connectivity index (χ2n) is 4.20. The van der Waals surface area contributed by atoms with Crippen LogP contribution in [0.5, 0.6) is 0 Å². The van der Waals surface area contributed by atoms with Crippen LogP contribution >= 0.6 is 0 Å². The van der Waals surface area contributed by atoms with Gasteiger partial charge in [-0.3, -0.25) is 10.8 Å². The van der Waals surface area contributed by atoms with Crippen molar-refractivity contribution < 1.29 is 0 Å². The molecule has 1 aliphatic carbocycles. The van der Waals surface area contributed by atoms with Crippen LogP contribution in [0.1, 0.15) is 23.1 Å². The van der Waals surface area contributed by atoms with E-state index in [0.717, 1.165) is 35.2 Å². The summed E-state index contributed by atoms with van der Waals surface area (Å²) in [6, 6.07) is 5.67. The molecular formula is C12H16N6. The quantitative estimate of drug-likeness (QED) is 0.344. The lowest BCUT2D eigenvalue weighted by Crippen LogP contribution is -2.29. The van der Waals surface area contributed by atoms with Gasteiger partial charge in [0.25, 0.3) is 0 Å². The summed E-state index contributed by atoms with van der Waals surface area (Å²) in [6.45, 7) is 0. The van der Waals surface area contributed by atoms with Crippen molar-refractivity contribution in [3.8, 4) is 0 Å². The molecule has 0 saturated heterocycles. The molecule has 2 rings (SSSR count). The van der Waals surface area contributed by atoms with Crippen molar-refractivity contribution in [1.82, 2.24) is 5.01 Å². The molecule has 6 N–H and O–H groups in total. The van der Waals surface area contributed by atoms with E-state index < -0.39 is 0 Å². The third-order valence-corrected chi connectivity index (χ3v) is 3.01. The molecule has 1 aromatic rings. The number of hydrogen-bond donors (Lipinski definition) is 4. The van der Waals surface area contributed by atoms with E-state index in [2.05, 4.69) is 5.10 Å². The second kappa shape index (κ2) is 4.48. The van der Waals surface area contributed by atoms with Gasteiger partial charge in [-0.15, -0.1) is 0 Å². The first-order valence-corrected chi connectivity index (χ1v) is 5.62. The average Bonchev–Trinajstić information content (AvgIpc) is 2.72. The van der Waals surface area contributed by atoms with Gasteiger partial charge in [-0.05, 0) is 18.4 Å². The predicted molar refractivity (Wildman–Crippen MR) is 72.0 cm³/mol. The minimum atomic E-state index is -0.0985. The minimum absolute atomic E-state index is 0.0769. The van der Waals surface area contributed by atoms with Crippen molar-refractivity contribution in [3.63, 3.8) is 0 Å². The van der Waals surface area contributed by atoms with Crippen LogP contribution < -0.4 is 11.5 Å². The molecule has 6 nitrogen and oxygen atoms in total. The van der Waals surface area contributed by atoms with Gasteiger partial charge in [0.15, 0.2) is 0 Å². The molecular weight excluding hydrogens is 228 g/mol. The Kier molecular flexibility index (Phi) is 3.01. The first-order chi connectivity index (χ1) is 8.50. The largest absolute Gasteiger partial charge is 0.384 e. The molecule has 6 heteroatoms. The van der Waals surface area contributed by atoms with E-state index in [0.29, 0.717) is 0 Å². The SMILES string of the molecule is CN(/N=C1/CCc2c(C(=N)N)cccc21)C(=N)N. The maximum Gasteiger partial charge on any atom is 0.208 e. The van der Waals surface area contributed by atoms with Crippen LogP contribution in [0.25, 0.3) is 0 Å². The number of nitrogens with two attached hydrogens (primary N) is 2. The van der Waals surface area contributed by atoms with Gasteiger partial charge in [-0.25, -0.2) is 5.01 Å². The molecule has 0 fully saturated rings. The van der Waals surface area contributed by atoms with Crippen LogP contribution in [0.3, 0.4) is 0 Å². The van der Waals surface area contributed by atoms with Gasteiger partial charge in [-0.2, -0.15) is 5.10 Å². The van der Waals surface area contributed by atoms with Gasteiger partial charge in [0.1, 0.15) is 5.84 Å². The van der Waals surface area contributed by atoms with Gasteiger partial charge >= 0.3 is 0 Å². The highest BCUT2D eigenvalue weighted by Crippen LogP contribution is 2.26. The number of hydrazone groups is 1. The van der Waals surface area contributed by atoms with Crippen LogP contribution in [0.2, 0.25) is 0 Å². The van der Waals surface area contributed by atoms with Crippen molar-refractivity contribution in [2.24, 2.45) is 16.6 Å². The van der Waals surface area contributed by atoms with Gasteiger partial charge in [-0.1, -0.05) is 18.2 Å². The smallest absolute Gasteiger partial charge is 0.208 e. The maximum atomic E-state index is 7.55. The molecule has 0 aromatic heterocycles. The van der Waals surface area contributed by atoms with Crippen molar-refractivity contribution in [2.75, 3.05) is 7.05 Å². The van der Waals surface area contributed by atoms with Crippen LogP contribution in [-0.2, 0) is 6.42 Å². The highest BCUT2D eigenvalue weighted by molar-refractivity contribution is 6.08. The third kappa shape index (κ3) is 2.04. The molecule has 1 aliphatic rings. The summed E-state index contributed by atoms with van der Waals surface area (Å²) >= 11 is 0. The third-order valence-electron chi connectivity index (χ3n) is 3.01. The summed E-state index contributed by atoms with van der Waals surface area (Å²) in [5.41, 5.74) is 14.6. The van der Waals surface area contributed by atoms with Gasteiger partial charge in [0.2, 0.25) is 5.96 Å². The van der Waals surface area contributed by atoms with E-state index in [-0.39, 0.29) is 11.8 Å². The van der Waals surface area contributed by atoms with Gasteiger partial charge in [0, 0.05) is 18.2 Å². The molecule has 0 atom stereocenters. The molecule has 18 heavy (non-hydrogen) atoms. The molecule has 0 aliphatic heterocycles. The van der Waals surface area contributed by atoms with Crippen molar-refractivity contribution >= 4 is 17.5 Å². The van der Waals surface area contributed by atoms with Crippen molar-refractivity contribution in [3.05, 3.63) is 34.9 Å². The first kappa shape index (κ1) is 12.1. The number of nitrogens with one attached hydrogen (secondary N) is 2. The Hall–Kier alpha value is -2.37. The normalized spacial score (nSPS) is 15.5. The Morgan fingerprint density at radius 3 is 2.61 bits per heavy atom. The van der Waals surface area contributed by atoms with E-state index >= 15 is 0 Å². The van der Waals surface area contributed by atoms with E-state index in [1.165, 1.54) is 5.01 Å². The first-order valence-electron chi connectivity index (χ1n) is 5.62. The minimum Gasteiger partial charge on any atom is -0.384 e. The highest BCUT2D eigenvalue weighted by atomic mass is 15.5. The van der Waals surface area contributed by atoms with Crippen molar-refractivity contribution in [2.45, 2.75) is 12.8 Å². The Morgan fingerprint density at radius 2 is 2.00 bits per heavy atom. The summed E-state index contributed by atoms with van der Waals surface area (Å²) in [6.07, 6.45) is 1.59. The average molecular weight is 244 g/mol. The molecule has 0 saturated carbocycles. The van der Waals surface area contributed by atoms with Crippen LogP contribution in [0.15, 0.2) is 23.3 Å². The monoisotopic (exact) mass is 244 g/mol. The fourth-order valence-electron chi connectivity index (χ4n) is 2.10. The van der Waals surface area contributed by atoms with Crippen LogP contribution in [0.4, 0.5) is 0 Å². The molecule has 0 unspecified atom stereocenters. The zero-order valence-corrected chi connectivity index (χ0v) is 10.2. The Bertz CT molecular complexity index is 545. The Morgan fingerprint density at radius 1 is 1.28 bits per heavy atom. The number of guanidine groups is 1. The number of fused-ring (bicyclic) bond motifs is 1. The standard InChI is InChI=1S/C12H16N6/c1-18(12(15)16)17-10-6-5-7-8(10)3-2-4-9(7)11(13)14/h2-4H,5-6H2,1H3,(H3,13,14)(H3,15,16)/b17-10-. The molecule has 0 spiro atoms. The van der Waals surface area contributed by atoms with E-state index in [9.17, 15) is 0 Å². The summed E-state index contributed by atoms with van der Waals surface area (Å²) in [5.74, 6) is -0.0216. The number of benzene rings is 1. The summed E-state index contributed by atoms with van der Waals surface area (Å²) < 4.78 is 0. The number of rotatable bonds is 2. The molecule has 1 aromatic carbocycles.